The lowest BCUT2D eigenvalue weighted by molar-refractivity contribution is 0.575. The summed E-state index contributed by atoms with van der Waals surface area (Å²) in [5, 5.41) is 0. The minimum atomic E-state index is -3.38. The molecule has 0 aromatic heterocycles. The highest BCUT2D eigenvalue weighted by Crippen LogP contribution is 2.18. The van der Waals surface area contributed by atoms with E-state index in [2.05, 4.69) is 23.5 Å². The van der Waals surface area contributed by atoms with Gasteiger partial charge in [0, 0.05) is 25.3 Å². The Morgan fingerprint density at radius 1 is 1.25 bits per heavy atom. The second kappa shape index (κ2) is 7.61. The molecule has 0 amide bonds. The average molecular weight is 299 g/mol. The summed E-state index contributed by atoms with van der Waals surface area (Å²) in [5.41, 5.74) is 6.67. The van der Waals surface area contributed by atoms with Crippen LogP contribution in [-0.2, 0) is 10.0 Å². The van der Waals surface area contributed by atoms with Crippen molar-refractivity contribution in [2.75, 3.05) is 31.1 Å². The van der Waals surface area contributed by atoms with Crippen LogP contribution in [0.25, 0.3) is 0 Å². The molecular formula is C14H25N3O2S. The van der Waals surface area contributed by atoms with Crippen molar-refractivity contribution in [3.05, 3.63) is 24.3 Å². The van der Waals surface area contributed by atoms with Crippen molar-refractivity contribution in [3.8, 4) is 0 Å². The van der Waals surface area contributed by atoms with Crippen LogP contribution in [0, 0.1) is 5.92 Å². The summed E-state index contributed by atoms with van der Waals surface area (Å²) >= 11 is 0. The molecule has 0 fully saturated rings. The first kappa shape index (κ1) is 16.9. The lowest BCUT2D eigenvalue weighted by Crippen LogP contribution is -2.31. The van der Waals surface area contributed by atoms with Crippen molar-refractivity contribution in [3.63, 3.8) is 0 Å². The van der Waals surface area contributed by atoms with Crippen molar-refractivity contribution < 1.29 is 8.42 Å². The van der Waals surface area contributed by atoms with Gasteiger partial charge >= 0.3 is 0 Å². The number of hydrogen-bond donors (Lipinski definition) is 2. The lowest BCUT2D eigenvalue weighted by atomic mass is 10.1. The molecule has 0 aliphatic heterocycles. The molecule has 1 atom stereocenters. The molecule has 1 rings (SSSR count). The fraction of sp³-hybridized carbons (Fsp3) is 0.571. The third kappa shape index (κ3) is 4.47. The number of nitrogens with two attached hydrogens (primary N) is 1. The van der Waals surface area contributed by atoms with Gasteiger partial charge in [0.25, 0.3) is 0 Å². The third-order valence-corrected chi connectivity index (χ3v) is 4.72. The van der Waals surface area contributed by atoms with Gasteiger partial charge in [0.2, 0.25) is 10.0 Å². The van der Waals surface area contributed by atoms with E-state index in [1.54, 1.807) is 19.1 Å². The third-order valence-electron chi connectivity index (χ3n) is 3.16. The number of nitrogens with one attached hydrogen (secondary N) is 1. The Morgan fingerprint density at radius 3 is 2.30 bits per heavy atom. The zero-order valence-corrected chi connectivity index (χ0v) is 13.3. The number of anilines is 1. The summed E-state index contributed by atoms with van der Waals surface area (Å²) in [5.74, 6) is 0.403. The van der Waals surface area contributed by atoms with Crippen molar-refractivity contribution in [1.82, 2.24) is 4.72 Å². The molecule has 0 spiro atoms. The molecule has 1 aromatic carbocycles. The second-order valence-electron chi connectivity index (χ2n) is 4.87. The van der Waals surface area contributed by atoms with Crippen LogP contribution >= 0.6 is 0 Å². The first-order valence-electron chi connectivity index (χ1n) is 6.99. The Morgan fingerprint density at radius 2 is 1.85 bits per heavy atom. The smallest absolute Gasteiger partial charge is 0.240 e. The molecule has 0 bridgehead atoms. The fourth-order valence-corrected chi connectivity index (χ4v) is 3.02. The van der Waals surface area contributed by atoms with Crippen LogP contribution in [0.4, 0.5) is 5.69 Å². The molecule has 0 saturated heterocycles. The van der Waals surface area contributed by atoms with Crippen molar-refractivity contribution in [2.24, 2.45) is 11.7 Å². The Bertz CT molecular complexity index is 500. The molecule has 5 nitrogen and oxygen atoms in total. The van der Waals surface area contributed by atoms with E-state index in [0.717, 1.165) is 18.8 Å². The molecule has 0 saturated carbocycles. The summed E-state index contributed by atoms with van der Waals surface area (Å²) in [6, 6.07) is 6.97. The van der Waals surface area contributed by atoms with E-state index in [1.165, 1.54) is 0 Å². The molecule has 20 heavy (non-hydrogen) atoms. The Hall–Kier alpha value is -1.11. The van der Waals surface area contributed by atoms with Crippen molar-refractivity contribution >= 4 is 15.7 Å². The molecule has 0 aliphatic rings. The van der Waals surface area contributed by atoms with E-state index < -0.39 is 10.0 Å². The van der Waals surface area contributed by atoms with Gasteiger partial charge in [-0.25, -0.2) is 13.1 Å². The number of sulfonamides is 1. The van der Waals surface area contributed by atoms with Gasteiger partial charge in [0.1, 0.15) is 0 Å². The van der Waals surface area contributed by atoms with Crippen molar-refractivity contribution in [2.45, 2.75) is 25.7 Å². The van der Waals surface area contributed by atoms with E-state index in [0.29, 0.717) is 23.9 Å². The van der Waals surface area contributed by atoms with Crippen LogP contribution in [0.15, 0.2) is 29.2 Å². The normalized spacial score (nSPS) is 13.2. The van der Waals surface area contributed by atoms with E-state index in [4.69, 9.17) is 5.73 Å². The zero-order valence-electron chi connectivity index (χ0n) is 12.5. The van der Waals surface area contributed by atoms with Gasteiger partial charge in [-0.3, -0.25) is 0 Å². The summed E-state index contributed by atoms with van der Waals surface area (Å²) < 4.78 is 26.2. The average Bonchev–Trinajstić information content (AvgIpc) is 2.44. The Balaban J connectivity index is 2.89. The summed E-state index contributed by atoms with van der Waals surface area (Å²) in [4.78, 5) is 2.49. The summed E-state index contributed by atoms with van der Waals surface area (Å²) in [6.07, 6.45) is 0. The van der Waals surface area contributed by atoms with E-state index in [9.17, 15) is 8.42 Å². The maximum atomic E-state index is 11.9. The maximum absolute atomic E-state index is 11.9. The molecule has 0 radical (unpaired) electrons. The highest BCUT2D eigenvalue weighted by atomic mass is 32.2. The SMILES string of the molecule is CCNS(=O)(=O)c1ccc(N(CC)CC(C)CN)cc1. The lowest BCUT2D eigenvalue weighted by Gasteiger charge is -2.26. The first-order chi connectivity index (χ1) is 9.44. The van der Waals surface area contributed by atoms with Gasteiger partial charge in [-0.2, -0.15) is 0 Å². The number of rotatable bonds is 8. The Kier molecular flexibility index (Phi) is 6.45. The predicted molar refractivity (Wildman–Crippen MR) is 83.4 cm³/mol. The molecule has 114 valence electrons. The number of benzene rings is 1. The minimum Gasteiger partial charge on any atom is -0.371 e. The molecule has 0 heterocycles. The molecule has 1 unspecified atom stereocenters. The highest BCUT2D eigenvalue weighted by molar-refractivity contribution is 7.89. The fourth-order valence-electron chi connectivity index (χ4n) is 1.98. The molecule has 0 aliphatic carbocycles. The van der Waals surface area contributed by atoms with Crippen LogP contribution in [0.2, 0.25) is 0 Å². The van der Waals surface area contributed by atoms with Crippen LogP contribution in [-0.4, -0.2) is 34.6 Å². The minimum absolute atomic E-state index is 0.297. The van der Waals surface area contributed by atoms with Crippen molar-refractivity contribution in [1.29, 1.82) is 0 Å². The molecule has 3 N–H and O–H groups in total. The monoisotopic (exact) mass is 299 g/mol. The molecular weight excluding hydrogens is 274 g/mol. The maximum Gasteiger partial charge on any atom is 0.240 e. The van der Waals surface area contributed by atoms with Crippen LogP contribution < -0.4 is 15.4 Å². The quantitative estimate of drug-likeness (QED) is 0.761. The standard InChI is InChI=1S/C14H25N3O2S/c1-4-16-20(18,19)14-8-6-13(7-9-14)17(5-2)11-12(3)10-15/h6-9,12,16H,4-5,10-11,15H2,1-3H3. The highest BCUT2D eigenvalue weighted by Gasteiger charge is 2.14. The van der Waals surface area contributed by atoms with Gasteiger partial charge < -0.3 is 10.6 Å². The van der Waals surface area contributed by atoms with E-state index in [-0.39, 0.29) is 0 Å². The van der Waals surface area contributed by atoms with Gasteiger partial charge in [0.15, 0.2) is 0 Å². The van der Waals surface area contributed by atoms with E-state index in [1.807, 2.05) is 12.1 Å². The number of nitrogens with zero attached hydrogens (tertiary/aromatic N) is 1. The van der Waals surface area contributed by atoms with Crippen LogP contribution in [0.1, 0.15) is 20.8 Å². The summed E-state index contributed by atoms with van der Waals surface area (Å²) in [7, 11) is -3.38. The van der Waals surface area contributed by atoms with Gasteiger partial charge in [0.05, 0.1) is 4.90 Å². The first-order valence-corrected chi connectivity index (χ1v) is 8.47. The Labute approximate surface area is 122 Å². The van der Waals surface area contributed by atoms with Gasteiger partial charge in [-0.05, 0) is 43.7 Å². The molecule has 1 aromatic rings. The van der Waals surface area contributed by atoms with E-state index >= 15 is 0 Å². The topological polar surface area (TPSA) is 75.4 Å². The zero-order chi connectivity index (χ0) is 15.2. The largest absolute Gasteiger partial charge is 0.371 e. The second-order valence-corrected chi connectivity index (χ2v) is 6.64. The van der Waals surface area contributed by atoms with Crippen LogP contribution in [0.5, 0.6) is 0 Å². The predicted octanol–water partition coefficient (Wildman–Crippen LogP) is 1.41. The number of hydrogen-bond acceptors (Lipinski definition) is 4. The van der Waals surface area contributed by atoms with Gasteiger partial charge in [-0.1, -0.05) is 13.8 Å². The summed E-state index contributed by atoms with van der Waals surface area (Å²) in [6.45, 7) is 8.71. The van der Waals surface area contributed by atoms with Gasteiger partial charge in [-0.15, -0.1) is 0 Å². The molecule has 6 heteroatoms. The van der Waals surface area contributed by atoms with Crippen LogP contribution in [0.3, 0.4) is 0 Å².